The predicted molar refractivity (Wildman–Crippen MR) is 74.0 cm³/mol. The third kappa shape index (κ3) is 4.68. The number of thioether (sulfide) groups is 1. The molecule has 1 amide bonds. The maximum absolute atomic E-state index is 13.2. The van der Waals surface area contributed by atoms with Crippen LogP contribution in [0.1, 0.15) is 23.7 Å². The van der Waals surface area contributed by atoms with Crippen LogP contribution in [0.25, 0.3) is 0 Å². The number of amides is 1. The number of hydrogen-bond donors (Lipinski definition) is 1. The summed E-state index contributed by atoms with van der Waals surface area (Å²) in [6.07, 6.45) is 2.94. The molecule has 0 aliphatic carbocycles. The van der Waals surface area contributed by atoms with Crippen molar-refractivity contribution in [2.45, 2.75) is 19.4 Å². The molecule has 0 radical (unpaired) electrons. The van der Waals surface area contributed by atoms with Crippen LogP contribution >= 0.6 is 27.7 Å². The van der Waals surface area contributed by atoms with Gasteiger partial charge in [-0.1, -0.05) is 0 Å². The lowest BCUT2D eigenvalue weighted by Gasteiger charge is -2.13. The fourth-order valence-corrected chi connectivity index (χ4v) is 2.15. The molecule has 5 heteroatoms. The summed E-state index contributed by atoms with van der Waals surface area (Å²) < 4.78 is 13.6. The molecule has 0 heterocycles. The van der Waals surface area contributed by atoms with Crippen LogP contribution in [0.2, 0.25) is 0 Å². The molecule has 1 rings (SSSR count). The number of carbonyl (C=O) groups is 1. The molecule has 1 atom stereocenters. The Bertz CT molecular complexity index is 400. The summed E-state index contributed by atoms with van der Waals surface area (Å²) in [6, 6.07) is 4.48. The number of rotatable bonds is 5. The summed E-state index contributed by atoms with van der Waals surface area (Å²) in [4.78, 5) is 11.8. The highest BCUT2D eigenvalue weighted by atomic mass is 79.9. The molecule has 0 bridgehead atoms. The molecule has 0 aliphatic heterocycles. The highest BCUT2D eigenvalue weighted by Crippen LogP contribution is 2.16. The molecule has 1 unspecified atom stereocenters. The number of halogens is 2. The van der Waals surface area contributed by atoms with Gasteiger partial charge in [0.05, 0.1) is 4.47 Å². The first-order valence-electron chi connectivity index (χ1n) is 5.29. The zero-order valence-corrected chi connectivity index (χ0v) is 12.2. The molecule has 1 N–H and O–H groups in total. The minimum atomic E-state index is -0.422. The second kappa shape index (κ2) is 7.01. The van der Waals surface area contributed by atoms with E-state index >= 15 is 0 Å². The lowest BCUT2D eigenvalue weighted by molar-refractivity contribution is 0.0939. The zero-order chi connectivity index (χ0) is 12.8. The van der Waals surface area contributed by atoms with E-state index in [-0.39, 0.29) is 11.9 Å². The maximum Gasteiger partial charge on any atom is 0.251 e. The van der Waals surface area contributed by atoms with E-state index in [1.165, 1.54) is 12.1 Å². The highest BCUT2D eigenvalue weighted by Gasteiger charge is 2.11. The fourth-order valence-electron chi connectivity index (χ4n) is 1.31. The Labute approximate surface area is 113 Å². The van der Waals surface area contributed by atoms with Gasteiger partial charge >= 0.3 is 0 Å². The van der Waals surface area contributed by atoms with Gasteiger partial charge in [-0.2, -0.15) is 11.8 Å². The number of nitrogens with one attached hydrogen (secondary N) is 1. The van der Waals surface area contributed by atoms with Crippen LogP contribution in [0.15, 0.2) is 22.7 Å². The molecule has 0 saturated heterocycles. The van der Waals surface area contributed by atoms with Gasteiger partial charge in [0, 0.05) is 11.6 Å². The predicted octanol–water partition coefficient (Wildman–Crippen LogP) is 3.46. The van der Waals surface area contributed by atoms with Crippen molar-refractivity contribution in [1.82, 2.24) is 5.32 Å². The number of hydrogen-bond acceptors (Lipinski definition) is 2. The van der Waals surface area contributed by atoms with Gasteiger partial charge in [0.2, 0.25) is 0 Å². The molecule has 17 heavy (non-hydrogen) atoms. The van der Waals surface area contributed by atoms with Crippen molar-refractivity contribution in [3.8, 4) is 0 Å². The summed E-state index contributed by atoms with van der Waals surface area (Å²) >= 11 is 4.79. The molecular weight excluding hydrogens is 305 g/mol. The molecule has 1 aromatic carbocycles. The molecule has 0 spiro atoms. The Kier molecular flexibility index (Phi) is 5.98. The number of carbonyl (C=O) groups excluding carboxylic acids is 1. The van der Waals surface area contributed by atoms with Crippen molar-refractivity contribution in [3.63, 3.8) is 0 Å². The van der Waals surface area contributed by atoms with Crippen molar-refractivity contribution >= 4 is 33.6 Å². The highest BCUT2D eigenvalue weighted by molar-refractivity contribution is 9.10. The molecule has 0 aliphatic rings. The lowest BCUT2D eigenvalue weighted by Crippen LogP contribution is -2.32. The summed E-state index contributed by atoms with van der Waals surface area (Å²) in [6.45, 7) is 1.95. The van der Waals surface area contributed by atoms with E-state index < -0.39 is 5.82 Å². The SMILES string of the molecule is CSCCC(C)NC(=O)c1ccc(Br)c(F)c1. The van der Waals surface area contributed by atoms with Crippen molar-refractivity contribution in [2.24, 2.45) is 0 Å². The van der Waals surface area contributed by atoms with Gasteiger partial charge in [-0.15, -0.1) is 0 Å². The van der Waals surface area contributed by atoms with E-state index in [9.17, 15) is 9.18 Å². The minimum absolute atomic E-state index is 0.0988. The molecule has 1 aromatic rings. The standard InChI is InChI=1S/C12H15BrFNOS/c1-8(5-6-17-2)15-12(16)9-3-4-10(13)11(14)7-9/h3-4,7-8H,5-6H2,1-2H3,(H,15,16). The molecule has 2 nitrogen and oxygen atoms in total. The largest absolute Gasteiger partial charge is 0.350 e. The van der Waals surface area contributed by atoms with E-state index in [0.717, 1.165) is 12.2 Å². The first kappa shape index (κ1) is 14.5. The Balaban J connectivity index is 2.60. The van der Waals surface area contributed by atoms with Crippen LogP contribution in [0.3, 0.4) is 0 Å². The van der Waals surface area contributed by atoms with Crippen molar-refractivity contribution < 1.29 is 9.18 Å². The van der Waals surface area contributed by atoms with Crippen LogP contribution in [-0.2, 0) is 0 Å². The van der Waals surface area contributed by atoms with E-state index in [1.807, 2.05) is 13.2 Å². The van der Waals surface area contributed by atoms with Gasteiger partial charge in [0.15, 0.2) is 0 Å². The van der Waals surface area contributed by atoms with Gasteiger partial charge in [-0.05, 0) is 59.5 Å². The van der Waals surface area contributed by atoms with Crippen LogP contribution in [0, 0.1) is 5.82 Å². The Morgan fingerprint density at radius 1 is 1.59 bits per heavy atom. The maximum atomic E-state index is 13.2. The first-order valence-corrected chi connectivity index (χ1v) is 7.48. The van der Waals surface area contributed by atoms with Crippen molar-refractivity contribution in [2.75, 3.05) is 12.0 Å². The van der Waals surface area contributed by atoms with Crippen LogP contribution in [0.4, 0.5) is 4.39 Å². The summed E-state index contributed by atoms with van der Waals surface area (Å²) in [5.74, 6) is 0.343. The van der Waals surface area contributed by atoms with E-state index in [0.29, 0.717) is 10.0 Å². The van der Waals surface area contributed by atoms with E-state index in [4.69, 9.17) is 0 Å². The van der Waals surface area contributed by atoms with Gasteiger partial charge in [-0.25, -0.2) is 4.39 Å². The summed E-state index contributed by atoms with van der Waals surface area (Å²) in [5.41, 5.74) is 0.349. The Morgan fingerprint density at radius 2 is 2.29 bits per heavy atom. The minimum Gasteiger partial charge on any atom is -0.350 e. The smallest absolute Gasteiger partial charge is 0.251 e. The summed E-state index contributed by atoms with van der Waals surface area (Å²) in [5, 5.41) is 2.84. The summed E-state index contributed by atoms with van der Waals surface area (Å²) in [7, 11) is 0. The van der Waals surface area contributed by atoms with Gasteiger partial charge in [0.25, 0.3) is 5.91 Å². The fraction of sp³-hybridized carbons (Fsp3) is 0.417. The Morgan fingerprint density at radius 3 is 2.88 bits per heavy atom. The normalized spacial score (nSPS) is 12.2. The van der Waals surface area contributed by atoms with Gasteiger partial charge in [0.1, 0.15) is 5.82 Å². The Hall–Kier alpha value is -0.550. The molecule has 0 aromatic heterocycles. The average Bonchev–Trinajstić information content (AvgIpc) is 2.30. The van der Waals surface area contributed by atoms with E-state index in [2.05, 4.69) is 21.2 Å². The second-order valence-electron chi connectivity index (χ2n) is 3.78. The van der Waals surface area contributed by atoms with Crippen molar-refractivity contribution in [3.05, 3.63) is 34.1 Å². The molecule has 94 valence electrons. The third-order valence-corrected chi connectivity index (χ3v) is 3.60. The van der Waals surface area contributed by atoms with Crippen LogP contribution in [0.5, 0.6) is 0 Å². The quantitative estimate of drug-likeness (QED) is 0.900. The molecule has 0 saturated carbocycles. The van der Waals surface area contributed by atoms with Crippen molar-refractivity contribution in [1.29, 1.82) is 0 Å². The van der Waals surface area contributed by atoms with E-state index in [1.54, 1.807) is 17.8 Å². The number of benzene rings is 1. The van der Waals surface area contributed by atoms with Gasteiger partial charge < -0.3 is 5.32 Å². The lowest BCUT2D eigenvalue weighted by atomic mass is 10.2. The monoisotopic (exact) mass is 319 g/mol. The molecular formula is C12H15BrFNOS. The third-order valence-electron chi connectivity index (χ3n) is 2.31. The first-order chi connectivity index (χ1) is 8.04. The van der Waals surface area contributed by atoms with Crippen LogP contribution in [-0.4, -0.2) is 24.0 Å². The zero-order valence-electron chi connectivity index (χ0n) is 9.80. The average molecular weight is 320 g/mol. The topological polar surface area (TPSA) is 29.1 Å². The van der Waals surface area contributed by atoms with Crippen LogP contribution < -0.4 is 5.32 Å². The van der Waals surface area contributed by atoms with Gasteiger partial charge in [-0.3, -0.25) is 4.79 Å². The molecule has 0 fully saturated rings. The second-order valence-corrected chi connectivity index (χ2v) is 5.62.